The van der Waals surface area contributed by atoms with Crippen molar-refractivity contribution in [3.05, 3.63) is 29.8 Å². The zero-order chi connectivity index (χ0) is 14.6. The van der Waals surface area contributed by atoms with Crippen molar-refractivity contribution >= 4 is 5.91 Å². The molecule has 0 spiro atoms. The lowest BCUT2D eigenvalue weighted by atomic mass is 10.0. The van der Waals surface area contributed by atoms with Gasteiger partial charge in [-0.1, -0.05) is 12.1 Å². The maximum Gasteiger partial charge on any atom is 0.224 e. The second-order valence-electron chi connectivity index (χ2n) is 5.66. The van der Waals surface area contributed by atoms with Crippen LogP contribution in [0.4, 0.5) is 0 Å². The van der Waals surface area contributed by atoms with E-state index >= 15 is 0 Å². The predicted molar refractivity (Wildman–Crippen MR) is 77.7 cm³/mol. The molecule has 1 fully saturated rings. The van der Waals surface area contributed by atoms with Crippen molar-refractivity contribution < 1.29 is 14.6 Å². The van der Waals surface area contributed by atoms with Gasteiger partial charge in [0, 0.05) is 6.54 Å². The molecule has 2 N–H and O–H groups in total. The van der Waals surface area contributed by atoms with Gasteiger partial charge in [-0.05, 0) is 50.3 Å². The van der Waals surface area contributed by atoms with Crippen LogP contribution in [0.15, 0.2) is 24.3 Å². The molecule has 2 rings (SSSR count). The molecule has 0 saturated heterocycles. The van der Waals surface area contributed by atoms with Gasteiger partial charge in [0.15, 0.2) is 0 Å². The molecule has 1 aliphatic carbocycles. The summed E-state index contributed by atoms with van der Waals surface area (Å²) < 4.78 is 5.36. The van der Waals surface area contributed by atoms with Crippen molar-refractivity contribution in [1.29, 1.82) is 0 Å². The van der Waals surface area contributed by atoms with Crippen molar-refractivity contribution in [2.24, 2.45) is 5.92 Å². The van der Waals surface area contributed by atoms with Gasteiger partial charge >= 0.3 is 0 Å². The predicted octanol–water partition coefficient (Wildman–Crippen LogP) is 1.91. The lowest BCUT2D eigenvalue weighted by Crippen LogP contribution is -2.42. The van der Waals surface area contributed by atoms with Crippen LogP contribution in [-0.4, -0.2) is 29.8 Å². The monoisotopic (exact) mass is 277 g/mol. The van der Waals surface area contributed by atoms with E-state index in [1.807, 2.05) is 31.2 Å². The summed E-state index contributed by atoms with van der Waals surface area (Å²) >= 11 is 0. The Labute approximate surface area is 120 Å². The van der Waals surface area contributed by atoms with Crippen molar-refractivity contribution in [2.75, 3.05) is 13.2 Å². The third-order valence-electron chi connectivity index (χ3n) is 3.70. The first kappa shape index (κ1) is 14.9. The minimum absolute atomic E-state index is 0.0601. The molecule has 0 aromatic heterocycles. The van der Waals surface area contributed by atoms with Gasteiger partial charge in [0.1, 0.15) is 5.75 Å². The molecule has 4 heteroatoms. The molecule has 0 unspecified atom stereocenters. The van der Waals surface area contributed by atoms with Gasteiger partial charge in [-0.15, -0.1) is 0 Å². The first-order valence-corrected chi connectivity index (χ1v) is 7.22. The molecular weight excluding hydrogens is 254 g/mol. The van der Waals surface area contributed by atoms with E-state index in [9.17, 15) is 9.90 Å². The topological polar surface area (TPSA) is 58.6 Å². The highest BCUT2D eigenvalue weighted by molar-refractivity contribution is 5.78. The number of rotatable bonds is 7. The SMILES string of the molecule is CCOc1ccc(CC(=O)NC[C@](C)(O)C2CC2)cc1. The Balaban J connectivity index is 1.78. The Morgan fingerprint density at radius 3 is 2.60 bits per heavy atom. The zero-order valence-electron chi connectivity index (χ0n) is 12.2. The standard InChI is InChI=1S/C16H23NO3/c1-3-20-14-8-4-12(5-9-14)10-15(18)17-11-16(2,19)13-6-7-13/h4-5,8-9,13,19H,3,6-7,10-11H2,1-2H3,(H,17,18)/t16-/m0/s1. The minimum atomic E-state index is -0.769. The number of hydrogen-bond donors (Lipinski definition) is 2. The Kier molecular flexibility index (Phi) is 4.65. The third-order valence-corrected chi connectivity index (χ3v) is 3.70. The van der Waals surface area contributed by atoms with Crippen LogP contribution in [0.1, 0.15) is 32.3 Å². The second kappa shape index (κ2) is 6.27. The summed E-state index contributed by atoms with van der Waals surface area (Å²) in [6, 6.07) is 7.52. The van der Waals surface area contributed by atoms with Crippen LogP contribution in [-0.2, 0) is 11.2 Å². The fourth-order valence-corrected chi connectivity index (χ4v) is 2.25. The van der Waals surface area contributed by atoms with Gasteiger partial charge in [0.25, 0.3) is 0 Å². The number of amides is 1. The molecule has 0 radical (unpaired) electrons. The first-order chi connectivity index (χ1) is 9.51. The highest BCUT2D eigenvalue weighted by Gasteiger charge is 2.39. The van der Waals surface area contributed by atoms with E-state index in [0.717, 1.165) is 24.2 Å². The van der Waals surface area contributed by atoms with Gasteiger partial charge in [-0.3, -0.25) is 4.79 Å². The number of aliphatic hydroxyl groups is 1. The van der Waals surface area contributed by atoms with E-state index in [-0.39, 0.29) is 5.91 Å². The minimum Gasteiger partial charge on any atom is -0.494 e. The lowest BCUT2D eigenvalue weighted by molar-refractivity contribution is -0.121. The average Bonchev–Trinajstić information content (AvgIpc) is 3.24. The van der Waals surface area contributed by atoms with E-state index in [0.29, 0.717) is 25.5 Å². The summed E-state index contributed by atoms with van der Waals surface area (Å²) in [5, 5.41) is 12.9. The Hall–Kier alpha value is -1.55. The molecule has 4 nitrogen and oxygen atoms in total. The molecule has 0 bridgehead atoms. The number of nitrogens with one attached hydrogen (secondary N) is 1. The van der Waals surface area contributed by atoms with Gasteiger partial charge in [-0.25, -0.2) is 0 Å². The smallest absolute Gasteiger partial charge is 0.224 e. The molecule has 0 heterocycles. The number of ether oxygens (including phenoxy) is 1. The molecule has 110 valence electrons. The molecule has 1 amide bonds. The Morgan fingerprint density at radius 2 is 2.05 bits per heavy atom. The zero-order valence-corrected chi connectivity index (χ0v) is 12.2. The van der Waals surface area contributed by atoms with Crippen LogP contribution in [0.25, 0.3) is 0 Å². The van der Waals surface area contributed by atoms with Gasteiger partial charge in [0.05, 0.1) is 18.6 Å². The van der Waals surface area contributed by atoms with Crippen LogP contribution in [0.5, 0.6) is 5.75 Å². The summed E-state index contributed by atoms with van der Waals surface area (Å²) in [6.45, 7) is 4.69. The number of benzene rings is 1. The molecule has 1 aromatic rings. The van der Waals surface area contributed by atoms with Crippen molar-refractivity contribution in [2.45, 2.75) is 38.7 Å². The molecular formula is C16H23NO3. The molecule has 20 heavy (non-hydrogen) atoms. The molecule has 1 atom stereocenters. The molecule has 0 aliphatic heterocycles. The molecule has 1 saturated carbocycles. The number of carbonyl (C=O) groups excluding carboxylic acids is 1. The number of hydrogen-bond acceptors (Lipinski definition) is 3. The van der Waals surface area contributed by atoms with Crippen LogP contribution < -0.4 is 10.1 Å². The van der Waals surface area contributed by atoms with E-state index in [4.69, 9.17) is 4.74 Å². The fourth-order valence-electron chi connectivity index (χ4n) is 2.25. The van der Waals surface area contributed by atoms with E-state index in [1.54, 1.807) is 6.92 Å². The average molecular weight is 277 g/mol. The van der Waals surface area contributed by atoms with Crippen LogP contribution in [0.2, 0.25) is 0 Å². The van der Waals surface area contributed by atoms with E-state index < -0.39 is 5.60 Å². The normalized spacial score (nSPS) is 17.4. The van der Waals surface area contributed by atoms with Crippen LogP contribution >= 0.6 is 0 Å². The third kappa shape index (κ3) is 4.23. The first-order valence-electron chi connectivity index (χ1n) is 7.22. The summed E-state index contributed by atoms with van der Waals surface area (Å²) in [5.74, 6) is 1.09. The summed E-state index contributed by atoms with van der Waals surface area (Å²) in [6.07, 6.45) is 2.44. The van der Waals surface area contributed by atoms with Gasteiger partial charge in [-0.2, -0.15) is 0 Å². The maximum absolute atomic E-state index is 11.9. The highest BCUT2D eigenvalue weighted by atomic mass is 16.5. The van der Waals surface area contributed by atoms with Gasteiger partial charge in [0.2, 0.25) is 5.91 Å². The van der Waals surface area contributed by atoms with Crippen LogP contribution in [0, 0.1) is 5.92 Å². The quantitative estimate of drug-likeness (QED) is 0.800. The summed E-state index contributed by atoms with van der Waals surface area (Å²) in [7, 11) is 0. The van der Waals surface area contributed by atoms with Crippen molar-refractivity contribution in [3.63, 3.8) is 0 Å². The summed E-state index contributed by atoms with van der Waals surface area (Å²) in [4.78, 5) is 11.9. The molecule has 1 aliphatic rings. The van der Waals surface area contributed by atoms with Crippen molar-refractivity contribution in [3.8, 4) is 5.75 Å². The fraction of sp³-hybridized carbons (Fsp3) is 0.562. The number of carbonyl (C=O) groups is 1. The van der Waals surface area contributed by atoms with Crippen LogP contribution in [0.3, 0.4) is 0 Å². The molecule has 1 aromatic carbocycles. The van der Waals surface area contributed by atoms with Gasteiger partial charge < -0.3 is 15.2 Å². The maximum atomic E-state index is 11.9. The summed E-state index contributed by atoms with van der Waals surface area (Å²) in [5.41, 5.74) is 0.172. The lowest BCUT2D eigenvalue weighted by Gasteiger charge is -2.23. The second-order valence-corrected chi connectivity index (χ2v) is 5.66. The van der Waals surface area contributed by atoms with E-state index in [1.165, 1.54) is 0 Å². The highest BCUT2D eigenvalue weighted by Crippen LogP contribution is 2.38. The Morgan fingerprint density at radius 1 is 1.40 bits per heavy atom. The van der Waals surface area contributed by atoms with Crippen molar-refractivity contribution in [1.82, 2.24) is 5.32 Å². The van der Waals surface area contributed by atoms with E-state index in [2.05, 4.69) is 5.32 Å². The Bertz CT molecular complexity index is 449. The largest absolute Gasteiger partial charge is 0.494 e.